The number of hydrogen-bond acceptors (Lipinski definition) is 2. The van der Waals surface area contributed by atoms with Gasteiger partial charge in [-0.15, -0.1) is 0 Å². The molecule has 50 valence electrons. The Labute approximate surface area is 52.3 Å². The average molecular weight is 130 g/mol. The van der Waals surface area contributed by atoms with Gasteiger partial charge in [0.15, 0.2) is 0 Å². The number of cyclic esters (lactones) is 1. The molecule has 0 unspecified atom stereocenters. The van der Waals surface area contributed by atoms with Gasteiger partial charge in [0.1, 0.15) is 0 Å². The molecule has 0 radical (unpaired) electrons. The first kappa shape index (κ1) is 6.26. The van der Waals surface area contributed by atoms with Crippen LogP contribution in [0.15, 0.2) is 11.4 Å². The van der Waals surface area contributed by atoms with Crippen LogP contribution in [0.1, 0.15) is 13.3 Å². The molecule has 0 amide bonds. The van der Waals surface area contributed by atoms with E-state index < -0.39 is 11.8 Å². The fourth-order valence-electron chi connectivity index (χ4n) is 0.644. The lowest BCUT2D eigenvalue weighted by Crippen LogP contribution is -2.13. The highest BCUT2D eigenvalue weighted by molar-refractivity contribution is 5.87. The van der Waals surface area contributed by atoms with Crippen LogP contribution >= 0.6 is 0 Å². The largest absolute Gasteiger partial charge is 0.460 e. The van der Waals surface area contributed by atoms with Crippen molar-refractivity contribution in [2.75, 3.05) is 6.61 Å². The SMILES string of the molecule is CC1=C(F)C(=O)OCC1. The molecule has 0 aromatic rings. The smallest absolute Gasteiger partial charge is 0.367 e. The van der Waals surface area contributed by atoms with E-state index in [-0.39, 0.29) is 0 Å². The molecule has 3 heteroatoms. The first-order valence-corrected chi connectivity index (χ1v) is 2.74. The first-order chi connectivity index (χ1) is 4.22. The van der Waals surface area contributed by atoms with Crippen LogP contribution in [0.2, 0.25) is 0 Å². The standard InChI is InChI=1S/C6H7FO2/c1-4-2-3-9-6(8)5(4)7/h2-3H2,1H3. The van der Waals surface area contributed by atoms with E-state index in [1.807, 2.05) is 0 Å². The molecule has 2 nitrogen and oxygen atoms in total. The van der Waals surface area contributed by atoms with E-state index in [2.05, 4.69) is 4.74 Å². The zero-order valence-corrected chi connectivity index (χ0v) is 5.11. The Bertz CT molecular complexity index is 172. The maximum Gasteiger partial charge on any atom is 0.367 e. The molecule has 0 atom stereocenters. The second-order valence-electron chi connectivity index (χ2n) is 1.98. The van der Waals surface area contributed by atoms with Gasteiger partial charge >= 0.3 is 5.97 Å². The third kappa shape index (κ3) is 1.09. The van der Waals surface area contributed by atoms with Gasteiger partial charge in [0.05, 0.1) is 6.61 Å². The van der Waals surface area contributed by atoms with Crippen LogP contribution in [-0.4, -0.2) is 12.6 Å². The molecule has 1 aliphatic rings. The van der Waals surface area contributed by atoms with Gasteiger partial charge in [0.25, 0.3) is 0 Å². The van der Waals surface area contributed by atoms with Crippen LogP contribution in [0.5, 0.6) is 0 Å². The third-order valence-corrected chi connectivity index (χ3v) is 1.26. The molecule has 1 aliphatic heterocycles. The highest BCUT2D eigenvalue weighted by Gasteiger charge is 2.18. The Kier molecular flexibility index (Phi) is 1.51. The van der Waals surface area contributed by atoms with Gasteiger partial charge < -0.3 is 4.74 Å². The normalized spacial score (nSPS) is 20.0. The lowest BCUT2D eigenvalue weighted by Gasteiger charge is -2.10. The lowest BCUT2D eigenvalue weighted by molar-refractivity contribution is -0.141. The highest BCUT2D eigenvalue weighted by atomic mass is 19.1. The maximum atomic E-state index is 12.4. The van der Waals surface area contributed by atoms with Crippen LogP contribution < -0.4 is 0 Å². The molecule has 0 saturated heterocycles. The molecule has 0 N–H and O–H groups in total. The van der Waals surface area contributed by atoms with Crippen LogP contribution in [0.25, 0.3) is 0 Å². The van der Waals surface area contributed by atoms with E-state index in [1.165, 1.54) is 0 Å². The Balaban J connectivity index is 2.84. The summed E-state index contributed by atoms with van der Waals surface area (Å²) in [6.07, 6.45) is 0.525. The summed E-state index contributed by atoms with van der Waals surface area (Å²) in [4.78, 5) is 10.3. The van der Waals surface area contributed by atoms with Crippen molar-refractivity contribution in [2.45, 2.75) is 13.3 Å². The number of carbonyl (C=O) groups is 1. The molecule has 1 rings (SSSR count). The summed E-state index contributed by atoms with van der Waals surface area (Å²) in [5.41, 5.74) is 0.492. The van der Waals surface area contributed by atoms with Crippen LogP contribution in [0.4, 0.5) is 4.39 Å². The number of rotatable bonds is 0. The Morgan fingerprint density at radius 3 is 2.78 bits per heavy atom. The number of carbonyl (C=O) groups excluding carboxylic acids is 1. The molecule has 0 aromatic carbocycles. The van der Waals surface area contributed by atoms with Crippen molar-refractivity contribution in [3.63, 3.8) is 0 Å². The van der Waals surface area contributed by atoms with Crippen LogP contribution in [0, 0.1) is 0 Å². The summed E-state index contributed by atoms with van der Waals surface area (Å²) in [7, 11) is 0. The predicted octanol–water partition coefficient (Wildman–Crippen LogP) is 1.18. The van der Waals surface area contributed by atoms with Gasteiger partial charge in [-0.3, -0.25) is 0 Å². The molecule has 0 spiro atoms. The molecule has 0 fully saturated rings. The third-order valence-electron chi connectivity index (χ3n) is 1.26. The number of ether oxygens (including phenoxy) is 1. The zero-order chi connectivity index (χ0) is 6.85. The van der Waals surface area contributed by atoms with Crippen molar-refractivity contribution < 1.29 is 13.9 Å². The van der Waals surface area contributed by atoms with E-state index in [1.54, 1.807) is 6.92 Å². The Morgan fingerprint density at radius 2 is 2.33 bits per heavy atom. The lowest BCUT2D eigenvalue weighted by atomic mass is 10.2. The van der Waals surface area contributed by atoms with E-state index in [0.717, 1.165) is 0 Å². The van der Waals surface area contributed by atoms with Gasteiger partial charge in [0.2, 0.25) is 5.83 Å². The molecular formula is C6H7FO2. The fraction of sp³-hybridized carbons (Fsp3) is 0.500. The maximum absolute atomic E-state index is 12.4. The summed E-state index contributed by atoms with van der Waals surface area (Å²) in [5, 5.41) is 0. The molecule has 0 saturated carbocycles. The minimum atomic E-state index is -0.821. The minimum absolute atomic E-state index is 0.318. The molecule has 1 heterocycles. The second-order valence-corrected chi connectivity index (χ2v) is 1.98. The highest BCUT2D eigenvalue weighted by Crippen LogP contribution is 2.16. The zero-order valence-electron chi connectivity index (χ0n) is 5.11. The summed E-state index contributed by atoms with van der Waals surface area (Å²) in [6.45, 7) is 1.91. The molecular weight excluding hydrogens is 123 g/mol. The number of esters is 1. The minimum Gasteiger partial charge on any atom is -0.460 e. The number of halogens is 1. The van der Waals surface area contributed by atoms with Crippen molar-refractivity contribution in [1.29, 1.82) is 0 Å². The van der Waals surface area contributed by atoms with E-state index in [9.17, 15) is 9.18 Å². The summed E-state index contributed by atoms with van der Waals surface area (Å²) in [5.74, 6) is -1.54. The van der Waals surface area contributed by atoms with Gasteiger partial charge in [-0.05, 0) is 12.5 Å². The predicted molar refractivity (Wildman–Crippen MR) is 29.4 cm³/mol. The van der Waals surface area contributed by atoms with Gasteiger partial charge in [-0.1, -0.05) is 0 Å². The van der Waals surface area contributed by atoms with E-state index >= 15 is 0 Å². The molecule has 9 heavy (non-hydrogen) atoms. The summed E-state index contributed by atoms with van der Waals surface area (Å²) >= 11 is 0. The van der Waals surface area contributed by atoms with Gasteiger partial charge in [-0.2, -0.15) is 4.39 Å². The van der Waals surface area contributed by atoms with Crippen LogP contribution in [0.3, 0.4) is 0 Å². The Morgan fingerprint density at radius 1 is 1.67 bits per heavy atom. The van der Waals surface area contributed by atoms with Crippen molar-refractivity contribution in [3.05, 3.63) is 11.4 Å². The van der Waals surface area contributed by atoms with Gasteiger partial charge in [-0.25, -0.2) is 4.79 Å². The second kappa shape index (κ2) is 2.17. The van der Waals surface area contributed by atoms with Crippen LogP contribution in [-0.2, 0) is 9.53 Å². The van der Waals surface area contributed by atoms with Gasteiger partial charge in [0, 0.05) is 6.42 Å². The van der Waals surface area contributed by atoms with E-state index in [4.69, 9.17) is 0 Å². The van der Waals surface area contributed by atoms with Crippen molar-refractivity contribution in [1.82, 2.24) is 0 Å². The number of hydrogen-bond donors (Lipinski definition) is 0. The summed E-state index contributed by atoms with van der Waals surface area (Å²) < 4.78 is 16.8. The van der Waals surface area contributed by atoms with Crippen molar-refractivity contribution >= 4 is 5.97 Å². The summed E-state index contributed by atoms with van der Waals surface area (Å²) in [6, 6.07) is 0. The average Bonchev–Trinajstić information content (AvgIpc) is 1.83. The fourth-order valence-corrected chi connectivity index (χ4v) is 0.644. The van der Waals surface area contributed by atoms with E-state index in [0.29, 0.717) is 18.6 Å². The Hall–Kier alpha value is -0.860. The monoisotopic (exact) mass is 130 g/mol. The molecule has 0 aromatic heterocycles. The quantitative estimate of drug-likeness (QED) is 0.460. The first-order valence-electron chi connectivity index (χ1n) is 2.74. The molecule has 0 aliphatic carbocycles. The molecule has 0 bridgehead atoms. The van der Waals surface area contributed by atoms with Crippen molar-refractivity contribution in [2.24, 2.45) is 0 Å². The van der Waals surface area contributed by atoms with Crippen molar-refractivity contribution in [3.8, 4) is 0 Å². The topological polar surface area (TPSA) is 26.3 Å².